The average molecular weight is 117 g/mol. The van der Waals surface area contributed by atoms with E-state index < -0.39 is 0 Å². The molecule has 1 aromatic rings. The molecular weight excluding hydrogens is 110 g/mol. The fourth-order valence-electron chi connectivity index (χ4n) is 1.03. The highest BCUT2D eigenvalue weighted by atomic mass is 14.9. The molecule has 0 aromatic heterocycles. The van der Waals surface area contributed by atoms with Gasteiger partial charge < -0.3 is 0 Å². The minimum atomic E-state index is 0.941. The van der Waals surface area contributed by atoms with Crippen molar-refractivity contribution in [2.24, 2.45) is 0 Å². The van der Waals surface area contributed by atoms with Gasteiger partial charge in [0, 0.05) is 6.54 Å². The van der Waals surface area contributed by atoms with E-state index in [9.17, 15) is 0 Å². The Morgan fingerprint density at radius 3 is 3.11 bits per heavy atom. The summed E-state index contributed by atoms with van der Waals surface area (Å²) in [5, 5.41) is 3.04. The smallest absolute Gasteiger partial charge is 0.0939 e. The Kier molecular flexibility index (Phi) is 1.03. The molecule has 2 radical (unpaired) electrons. The van der Waals surface area contributed by atoms with Crippen LogP contribution in [0.4, 0.5) is 0 Å². The summed E-state index contributed by atoms with van der Waals surface area (Å²) in [6, 6.07) is 8.25. The van der Waals surface area contributed by atoms with Gasteiger partial charge in [-0.15, -0.1) is 0 Å². The zero-order valence-electron chi connectivity index (χ0n) is 5.02. The number of benzene rings is 1. The minimum absolute atomic E-state index is 0.941. The van der Waals surface area contributed by atoms with E-state index in [4.69, 9.17) is 0 Å². The van der Waals surface area contributed by atoms with Gasteiger partial charge in [-0.3, -0.25) is 5.32 Å². The molecule has 0 atom stereocenters. The normalized spacial score (nSPS) is 15.6. The van der Waals surface area contributed by atoms with Gasteiger partial charge in [0.05, 0.1) is 6.54 Å². The maximum Gasteiger partial charge on any atom is 0.0939 e. The molecule has 1 aliphatic heterocycles. The number of rotatable bonds is 0. The molecule has 0 spiro atoms. The van der Waals surface area contributed by atoms with Crippen LogP contribution >= 0.6 is 0 Å². The van der Waals surface area contributed by atoms with E-state index in [2.05, 4.69) is 24.0 Å². The molecule has 1 aliphatic rings. The van der Waals surface area contributed by atoms with Crippen molar-refractivity contribution < 1.29 is 0 Å². The van der Waals surface area contributed by atoms with E-state index in [1.165, 1.54) is 11.1 Å². The summed E-state index contributed by atoms with van der Waals surface area (Å²) < 4.78 is 0. The maximum absolute atomic E-state index is 3.05. The van der Waals surface area contributed by atoms with Crippen LogP contribution in [-0.4, -0.2) is 0 Å². The summed E-state index contributed by atoms with van der Waals surface area (Å²) in [6.45, 7) is 3.99. The average Bonchev–Trinajstić information content (AvgIpc) is 2.33. The third kappa shape index (κ3) is 0.736. The molecule has 0 saturated carbocycles. The Morgan fingerprint density at radius 1 is 1.33 bits per heavy atom. The fraction of sp³-hybridized carbons (Fsp3) is 0.125. The number of fused-ring (bicyclic) bond motifs is 1. The van der Waals surface area contributed by atoms with Crippen LogP contribution in [0.5, 0.6) is 0 Å². The SMILES string of the molecule is [C]1NCc2ccccc21. The molecule has 0 bridgehead atoms. The van der Waals surface area contributed by atoms with Crippen molar-refractivity contribution in [2.45, 2.75) is 6.54 Å². The Balaban J connectivity index is 2.54. The van der Waals surface area contributed by atoms with Gasteiger partial charge in [-0.2, -0.15) is 0 Å². The molecule has 0 amide bonds. The molecule has 0 fully saturated rings. The van der Waals surface area contributed by atoms with Crippen LogP contribution in [0.15, 0.2) is 24.3 Å². The van der Waals surface area contributed by atoms with Gasteiger partial charge in [-0.1, -0.05) is 24.3 Å². The van der Waals surface area contributed by atoms with Gasteiger partial charge in [0.25, 0.3) is 0 Å². The Hall–Kier alpha value is -0.820. The number of hydrogen-bond donors (Lipinski definition) is 1. The van der Waals surface area contributed by atoms with Gasteiger partial charge in [-0.25, -0.2) is 0 Å². The fourth-order valence-corrected chi connectivity index (χ4v) is 1.03. The first-order valence-electron chi connectivity index (χ1n) is 3.03. The standard InChI is InChI=1S/C8H7N/c1-2-4-8-6-9-5-7(8)3-1/h1-4,9H,5H2. The second-order valence-electron chi connectivity index (χ2n) is 2.14. The van der Waals surface area contributed by atoms with Gasteiger partial charge in [0.15, 0.2) is 0 Å². The van der Waals surface area contributed by atoms with Gasteiger partial charge in [-0.05, 0) is 11.1 Å². The Bertz CT molecular complexity index is 195. The molecule has 1 aromatic carbocycles. The summed E-state index contributed by atoms with van der Waals surface area (Å²) in [5.74, 6) is 0. The Labute approximate surface area is 54.7 Å². The van der Waals surface area contributed by atoms with Gasteiger partial charge >= 0.3 is 0 Å². The zero-order chi connectivity index (χ0) is 6.10. The van der Waals surface area contributed by atoms with E-state index in [0.717, 1.165) is 6.54 Å². The summed E-state index contributed by atoms with van der Waals surface area (Å²) >= 11 is 0. The molecule has 44 valence electrons. The van der Waals surface area contributed by atoms with E-state index in [1.54, 1.807) is 0 Å². The number of nitrogens with one attached hydrogen (secondary N) is 1. The first kappa shape index (κ1) is 5.00. The predicted molar refractivity (Wildman–Crippen MR) is 35.6 cm³/mol. The van der Waals surface area contributed by atoms with E-state index in [0.29, 0.717) is 0 Å². The lowest BCUT2D eigenvalue weighted by Crippen LogP contribution is -1.97. The largest absolute Gasteiger partial charge is 0.299 e. The highest BCUT2D eigenvalue weighted by Crippen LogP contribution is 2.14. The highest BCUT2D eigenvalue weighted by molar-refractivity contribution is 5.35. The second kappa shape index (κ2) is 1.85. The molecule has 1 nitrogen and oxygen atoms in total. The Morgan fingerprint density at radius 2 is 2.22 bits per heavy atom. The highest BCUT2D eigenvalue weighted by Gasteiger charge is 2.07. The van der Waals surface area contributed by atoms with E-state index in [1.807, 2.05) is 12.1 Å². The molecule has 0 aliphatic carbocycles. The first-order chi connectivity index (χ1) is 4.47. The zero-order valence-corrected chi connectivity index (χ0v) is 5.02. The lowest BCUT2D eigenvalue weighted by molar-refractivity contribution is 0.886. The predicted octanol–water partition coefficient (Wildman–Crippen LogP) is 1.18. The van der Waals surface area contributed by atoms with Crippen molar-refractivity contribution in [1.82, 2.24) is 5.32 Å². The van der Waals surface area contributed by atoms with Crippen LogP contribution in [0.2, 0.25) is 0 Å². The molecule has 9 heavy (non-hydrogen) atoms. The molecule has 0 unspecified atom stereocenters. The monoisotopic (exact) mass is 117 g/mol. The van der Waals surface area contributed by atoms with Crippen LogP contribution in [0, 0.1) is 6.54 Å². The third-order valence-corrected chi connectivity index (χ3v) is 1.52. The second-order valence-corrected chi connectivity index (χ2v) is 2.14. The minimum Gasteiger partial charge on any atom is -0.299 e. The number of hydrogen-bond acceptors (Lipinski definition) is 1. The topological polar surface area (TPSA) is 12.0 Å². The van der Waals surface area contributed by atoms with Crippen LogP contribution in [0.1, 0.15) is 11.1 Å². The van der Waals surface area contributed by atoms with Gasteiger partial charge in [0.1, 0.15) is 0 Å². The molecular formula is C8H7N. The first-order valence-corrected chi connectivity index (χ1v) is 3.03. The van der Waals surface area contributed by atoms with Crippen LogP contribution in [0.25, 0.3) is 0 Å². The van der Waals surface area contributed by atoms with Crippen LogP contribution in [-0.2, 0) is 6.54 Å². The lowest BCUT2D eigenvalue weighted by atomic mass is 10.1. The van der Waals surface area contributed by atoms with Crippen molar-refractivity contribution in [2.75, 3.05) is 0 Å². The van der Waals surface area contributed by atoms with Crippen molar-refractivity contribution in [3.05, 3.63) is 41.9 Å². The van der Waals surface area contributed by atoms with Crippen LogP contribution in [0.3, 0.4) is 0 Å². The summed E-state index contributed by atoms with van der Waals surface area (Å²) in [4.78, 5) is 0. The quantitative estimate of drug-likeness (QED) is 0.538. The van der Waals surface area contributed by atoms with Gasteiger partial charge in [0.2, 0.25) is 0 Å². The molecule has 1 heterocycles. The van der Waals surface area contributed by atoms with Crippen molar-refractivity contribution >= 4 is 0 Å². The molecule has 1 N–H and O–H groups in total. The van der Waals surface area contributed by atoms with Crippen molar-refractivity contribution in [1.29, 1.82) is 0 Å². The van der Waals surface area contributed by atoms with E-state index >= 15 is 0 Å². The summed E-state index contributed by atoms with van der Waals surface area (Å²) in [7, 11) is 0. The summed E-state index contributed by atoms with van der Waals surface area (Å²) in [5.41, 5.74) is 2.55. The molecule has 0 saturated heterocycles. The molecule has 1 heteroatoms. The van der Waals surface area contributed by atoms with E-state index in [-0.39, 0.29) is 0 Å². The maximum atomic E-state index is 3.05. The summed E-state index contributed by atoms with van der Waals surface area (Å²) in [6.07, 6.45) is 0. The molecule has 2 rings (SSSR count). The van der Waals surface area contributed by atoms with Crippen molar-refractivity contribution in [3.63, 3.8) is 0 Å². The lowest BCUT2D eigenvalue weighted by Gasteiger charge is -1.91. The van der Waals surface area contributed by atoms with Crippen molar-refractivity contribution in [3.8, 4) is 0 Å². The van der Waals surface area contributed by atoms with Crippen LogP contribution < -0.4 is 5.32 Å². The third-order valence-electron chi connectivity index (χ3n) is 1.52.